The molecule has 0 N–H and O–H groups in total. The van der Waals surface area contributed by atoms with Crippen LogP contribution in [0.2, 0.25) is 10.0 Å². The lowest BCUT2D eigenvalue weighted by Gasteiger charge is -2.12. The Morgan fingerprint density at radius 1 is 1.38 bits per heavy atom. The minimum Gasteiger partial charge on any atom is -0.298 e. The largest absolute Gasteiger partial charge is 0.298 e. The summed E-state index contributed by atoms with van der Waals surface area (Å²) in [4.78, 5) is 11.5. The number of carbonyl (C=O) groups excluding carboxylic acids is 1. The predicted molar refractivity (Wildman–Crippen MR) is 72.7 cm³/mol. The van der Waals surface area contributed by atoms with Gasteiger partial charge in [-0.1, -0.05) is 53.0 Å². The molecule has 0 amide bonds. The van der Waals surface area contributed by atoms with Crippen LogP contribution in [0.25, 0.3) is 0 Å². The van der Waals surface area contributed by atoms with Crippen LogP contribution >= 0.6 is 39.1 Å². The fraction of sp³-hybridized carbons (Fsp3) is 0.417. The van der Waals surface area contributed by atoms with Gasteiger partial charge in [0.2, 0.25) is 0 Å². The molecule has 0 fully saturated rings. The monoisotopic (exact) mass is 322 g/mol. The summed E-state index contributed by atoms with van der Waals surface area (Å²) in [6, 6.07) is 5.28. The number of carbonyl (C=O) groups is 1. The SMILES string of the molecule is CC(C)C(=O)C(Br)Cc1cc(Cl)ccc1Cl. The molecule has 0 bridgehead atoms. The molecule has 1 aromatic rings. The van der Waals surface area contributed by atoms with Crippen LogP contribution in [0.1, 0.15) is 19.4 Å². The molecule has 0 saturated carbocycles. The summed E-state index contributed by atoms with van der Waals surface area (Å²) >= 11 is 15.3. The molecule has 88 valence electrons. The van der Waals surface area contributed by atoms with Crippen molar-refractivity contribution < 1.29 is 4.79 Å². The van der Waals surface area contributed by atoms with Gasteiger partial charge in [-0.15, -0.1) is 0 Å². The van der Waals surface area contributed by atoms with Crippen molar-refractivity contribution in [3.8, 4) is 0 Å². The quantitative estimate of drug-likeness (QED) is 0.744. The molecular formula is C12H13BrCl2O. The number of rotatable bonds is 4. The van der Waals surface area contributed by atoms with Crippen molar-refractivity contribution in [2.75, 3.05) is 0 Å². The lowest BCUT2D eigenvalue weighted by atomic mass is 10.0. The molecule has 0 saturated heterocycles. The van der Waals surface area contributed by atoms with E-state index in [1.807, 2.05) is 13.8 Å². The van der Waals surface area contributed by atoms with E-state index in [-0.39, 0.29) is 16.5 Å². The molecule has 1 atom stereocenters. The van der Waals surface area contributed by atoms with Crippen LogP contribution < -0.4 is 0 Å². The Balaban J connectivity index is 2.80. The van der Waals surface area contributed by atoms with Gasteiger partial charge in [-0.3, -0.25) is 4.79 Å². The molecule has 0 radical (unpaired) electrons. The minimum atomic E-state index is -0.205. The van der Waals surface area contributed by atoms with Crippen LogP contribution in [0.5, 0.6) is 0 Å². The van der Waals surface area contributed by atoms with E-state index in [1.54, 1.807) is 18.2 Å². The van der Waals surface area contributed by atoms with E-state index in [1.165, 1.54) is 0 Å². The van der Waals surface area contributed by atoms with E-state index in [0.717, 1.165) is 5.56 Å². The number of benzene rings is 1. The number of hydrogen-bond acceptors (Lipinski definition) is 1. The Kier molecular flexibility index (Phi) is 5.29. The zero-order valence-electron chi connectivity index (χ0n) is 9.14. The Morgan fingerprint density at radius 3 is 2.56 bits per heavy atom. The van der Waals surface area contributed by atoms with Crippen molar-refractivity contribution in [1.82, 2.24) is 0 Å². The van der Waals surface area contributed by atoms with Gasteiger partial charge in [0.1, 0.15) is 5.78 Å². The molecule has 0 aromatic heterocycles. The second-order valence-electron chi connectivity index (χ2n) is 3.96. The second-order valence-corrected chi connectivity index (χ2v) is 5.91. The van der Waals surface area contributed by atoms with Gasteiger partial charge in [0.25, 0.3) is 0 Å². The van der Waals surface area contributed by atoms with Gasteiger partial charge in [0.15, 0.2) is 0 Å². The van der Waals surface area contributed by atoms with Crippen molar-refractivity contribution in [2.45, 2.75) is 25.1 Å². The Labute approximate surface area is 114 Å². The smallest absolute Gasteiger partial charge is 0.149 e. The first-order valence-corrected chi connectivity index (χ1v) is 6.70. The molecule has 4 heteroatoms. The van der Waals surface area contributed by atoms with Crippen LogP contribution in [0.15, 0.2) is 18.2 Å². The van der Waals surface area contributed by atoms with E-state index >= 15 is 0 Å². The molecule has 0 spiro atoms. The third-order valence-corrected chi connectivity index (χ3v) is 3.66. The van der Waals surface area contributed by atoms with Crippen LogP contribution in [-0.4, -0.2) is 10.6 Å². The van der Waals surface area contributed by atoms with Gasteiger partial charge >= 0.3 is 0 Å². The maximum Gasteiger partial charge on any atom is 0.149 e. The summed E-state index contributed by atoms with van der Waals surface area (Å²) in [5.41, 5.74) is 0.894. The molecule has 1 aromatic carbocycles. The molecule has 0 heterocycles. The van der Waals surface area contributed by atoms with Crippen molar-refractivity contribution in [2.24, 2.45) is 5.92 Å². The van der Waals surface area contributed by atoms with Crippen LogP contribution in [0, 0.1) is 5.92 Å². The number of halogens is 3. The van der Waals surface area contributed by atoms with Crippen molar-refractivity contribution in [3.05, 3.63) is 33.8 Å². The van der Waals surface area contributed by atoms with Crippen LogP contribution in [0.4, 0.5) is 0 Å². The van der Waals surface area contributed by atoms with Gasteiger partial charge in [-0.05, 0) is 30.2 Å². The minimum absolute atomic E-state index is 0.0161. The van der Waals surface area contributed by atoms with Gasteiger partial charge in [-0.25, -0.2) is 0 Å². The third kappa shape index (κ3) is 3.76. The molecule has 1 unspecified atom stereocenters. The standard InChI is InChI=1S/C12H13BrCl2O/c1-7(2)12(16)10(13)6-8-5-9(14)3-4-11(8)15/h3-5,7,10H,6H2,1-2H3. The summed E-state index contributed by atoms with van der Waals surface area (Å²) in [5.74, 6) is 0.193. The summed E-state index contributed by atoms with van der Waals surface area (Å²) in [5, 5.41) is 1.28. The Morgan fingerprint density at radius 2 is 2.00 bits per heavy atom. The highest BCUT2D eigenvalue weighted by Crippen LogP contribution is 2.24. The number of ketones is 1. The third-order valence-electron chi connectivity index (χ3n) is 2.28. The summed E-state index contributed by atoms with van der Waals surface area (Å²) in [7, 11) is 0. The normalized spacial score (nSPS) is 12.9. The maximum absolute atomic E-state index is 11.7. The highest BCUT2D eigenvalue weighted by Gasteiger charge is 2.19. The van der Waals surface area contributed by atoms with Gasteiger partial charge < -0.3 is 0 Å². The fourth-order valence-electron chi connectivity index (χ4n) is 1.36. The molecule has 1 nitrogen and oxygen atoms in total. The summed E-state index contributed by atoms with van der Waals surface area (Å²) in [6.45, 7) is 3.77. The van der Waals surface area contributed by atoms with Crippen LogP contribution in [-0.2, 0) is 11.2 Å². The average molecular weight is 324 g/mol. The molecule has 0 aliphatic heterocycles. The van der Waals surface area contributed by atoms with Gasteiger partial charge in [0, 0.05) is 16.0 Å². The van der Waals surface area contributed by atoms with Gasteiger partial charge in [-0.2, -0.15) is 0 Å². The van der Waals surface area contributed by atoms with Crippen molar-refractivity contribution >= 4 is 44.9 Å². The molecule has 16 heavy (non-hydrogen) atoms. The number of hydrogen-bond donors (Lipinski definition) is 0. The maximum atomic E-state index is 11.7. The lowest BCUT2D eigenvalue weighted by molar-refractivity contribution is -0.121. The Bertz CT molecular complexity index is 391. The first-order valence-electron chi connectivity index (χ1n) is 5.03. The topological polar surface area (TPSA) is 17.1 Å². The first kappa shape index (κ1) is 14.0. The fourth-order valence-corrected chi connectivity index (χ4v) is 2.62. The zero-order chi connectivity index (χ0) is 12.3. The van der Waals surface area contributed by atoms with Crippen molar-refractivity contribution in [1.29, 1.82) is 0 Å². The zero-order valence-corrected chi connectivity index (χ0v) is 12.2. The predicted octanol–water partition coefficient (Wildman–Crippen LogP) is 4.52. The lowest BCUT2D eigenvalue weighted by Crippen LogP contribution is -2.21. The van der Waals surface area contributed by atoms with E-state index in [9.17, 15) is 4.79 Å². The highest BCUT2D eigenvalue weighted by atomic mass is 79.9. The molecule has 0 aliphatic carbocycles. The summed E-state index contributed by atoms with van der Waals surface area (Å²) < 4.78 is 0. The summed E-state index contributed by atoms with van der Waals surface area (Å²) in [6.07, 6.45) is 0.566. The van der Waals surface area contributed by atoms with E-state index in [4.69, 9.17) is 23.2 Å². The van der Waals surface area contributed by atoms with Crippen molar-refractivity contribution in [3.63, 3.8) is 0 Å². The van der Waals surface area contributed by atoms with E-state index in [2.05, 4.69) is 15.9 Å². The molecular weight excluding hydrogens is 311 g/mol. The highest BCUT2D eigenvalue weighted by molar-refractivity contribution is 9.10. The van der Waals surface area contributed by atoms with E-state index in [0.29, 0.717) is 16.5 Å². The molecule has 1 rings (SSSR count). The number of alkyl halides is 1. The Hall–Kier alpha value is -0.0500. The van der Waals surface area contributed by atoms with Crippen LogP contribution in [0.3, 0.4) is 0 Å². The number of Topliss-reactive ketones (excluding diaryl/α,β-unsaturated/α-hetero) is 1. The first-order chi connectivity index (χ1) is 7.41. The second kappa shape index (κ2) is 6.04. The average Bonchev–Trinajstić information content (AvgIpc) is 2.22. The van der Waals surface area contributed by atoms with E-state index < -0.39 is 0 Å². The van der Waals surface area contributed by atoms with Gasteiger partial charge in [0.05, 0.1) is 4.83 Å². The molecule has 0 aliphatic rings.